The zero-order valence-corrected chi connectivity index (χ0v) is 17.9. The highest BCUT2D eigenvalue weighted by molar-refractivity contribution is 6.30. The average molecular weight is 428 g/mol. The molecule has 0 spiro atoms. The lowest BCUT2D eigenvalue weighted by molar-refractivity contribution is 0.194. The zero-order chi connectivity index (χ0) is 21.4. The Bertz CT molecular complexity index is 1250. The summed E-state index contributed by atoms with van der Waals surface area (Å²) in [5, 5.41) is 3.62. The first-order valence-corrected chi connectivity index (χ1v) is 10.6. The second kappa shape index (κ2) is 7.97. The number of aromatic nitrogens is 1. The van der Waals surface area contributed by atoms with E-state index in [9.17, 15) is 4.79 Å². The minimum atomic E-state index is -0.234. The first-order valence-electron chi connectivity index (χ1n) is 10.3. The van der Waals surface area contributed by atoms with Gasteiger partial charge in [-0.2, -0.15) is 0 Å². The molecular weight excluding hydrogens is 406 g/mol. The van der Waals surface area contributed by atoms with E-state index in [1.165, 1.54) is 5.56 Å². The van der Waals surface area contributed by atoms with E-state index in [1.54, 1.807) is 12.1 Å². The Kier molecular flexibility index (Phi) is 5.00. The van der Waals surface area contributed by atoms with E-state index in [1.807, 2.05) is 35.2 Å². The third-order valence-corrected chi connectivity index (χ3v) is 5.93. The van der Waals surface area contributed by atoms with Crippen LogP contribution in [0.1, 0.15) is 28.4 Å². The first kappa shape index (κ1) is 19.5. The number of hydrogen-bond acceptors (Lipinski definition) is 1. The predicted molar refractivity (Wildman–Crippen MR) is 125 cm³/mol. The van der Waals surface area contributed by atoms with Crippen molar-refractivity contribution in [3.05, 3.63) is 119 Å². The van der Waals surface area contributed by atoms with Crippen LogP contribution in [-0.2, 0) is 6.54 Å². The van der Waals surface area contributed by atoms with Crippen LogP contribution in [0.2, 0.25) is 5.02 Å². The molecule has 0 fully saturated rings. The molecule has 5 rings (SSSR count). The van der Waals surface area contributed by atoms with E-state index in [2.05, 4.69) is 65.5 Å². The number of carbonyl (C=O) groups is 1. The monoisotopic (exact) mass is 427 g/mol. The predicted octanol–water partition coefficient (Wildman–Crippen LogP) is 6.58. The topological polar surface area (TPSA) is 37.3 Å². The number of nitrogens with one attached hydrogen (secondary N) is 1. The second-order valence-corrected chi connectivity index (χ2v) is 8.25. The molecule has 0 saturated carbocycles. The Hall–Kier alpha value is -3.50. The molecule has 4 aromatic rings. The van der Waals surface area contributed by atoms with Gasteiger partial charge in [0.1, 0.15) is 0 Å². The van der Waals surface area contributed by atoms with Gasteiger partial charge in [0, 0.05) is 22.6 Å². The molecule has 3 aromatic carbocycles. The molecule has 0 bridgehead atoms. The third kappa shape index (κ3) is 3.71. The molecule has 31 heavy (non-hydrogen) atoms. The van der Waals surface area contributed by atoms with Gasteiger partial charge in [-0.05, 0) is 54.4 Å². The number of para-hydroxylation sites is 1. The number of halogens is 1. The minimum Gasteiger partial charge on any atom is -0.318 e. The lowest BCUT2D eigenvalue weighted by atomic mass is 10.0. The van der Waals surface area contributed by atoms with Crippen molar-refractivity contribution in [2.45, 2.75) is 19.5 Å². The van der Waals surface area contributed by atoms with Crippen LogP contribution in [0.25, 0.3) is 5.69 Å². The molecule has 1 aliphatic heterocycles. The maximum atomic E-state index is 13.6. The van der Waals surface area contributed by atoms with Crippen molar-refractivity contribution in [3.63, 3.8) is 0 Å². The van der Waals surface area contributed by atoms with Crippen molar-refractivity contribution in [2.24, 2.45) is 0 Å². The molecule has 1 aliphatic rings. The number of anilines is 1. The average Bonchev–Trinajstić information content (AvgIpc) is 3.19. The maximum Gasteiger partial charge on any atom is 0.322 e. The number of amides is 2. The largest absolute Gasteiger partial charge is 0.322 e. The number of fused-ring (bicyclic) bond motifs is 3. The lowest BCUT2D eigenvalue weighted by Gasteiger charge is -2.31. The van der Waals surface area contributed by atoms with E-state index >= 15 is 0 Å². The number of urea groups is 1. The van der Waals surface area contributed by atoms with Crippen molar-refractivity contribution in [1.29, 1.82) is 0 Å². The SMILES string of the molecule is Cc1ccc([C@@H]2c3cccn3-c3ccccc3CN2C(=O)Nc2cccc(Cl)c2)cc1. The molecule has 0 saturated heterocycles. The maximum absolute atomic E-state index is 13.6. The highest BCUT2D eigenvalue weighted by Gasteiger charge is 2.32. The summed E-state index contributed by atoms with van der Waals surface area (Å²) in [4.78, 5) is 15.5. The van der Waals surface area contributed by atoms with Gasteiger partial charge in [0.15, 0.2) is 0 Å². The Morgan fingerprint density at radius 1 is 0.968 bits per heavy atom. The molecule has 2 amide bonds. The van der Waals surface area contributed by atoms with Gasteiger partial charge in [-0.3, -0.25) is 0 Å². The van der Waals surface area contributed by atoms with Gasteiger partial charge in [-0.25, -0.2) is 4.79 Å². The quantitative estimate of drug-likeness (QED) is 0.385. The minimum absolute atomic E-state index is 0.169. The summed E-state index contributed by atoms with van der Waals surface area (Å²) in [6.45, 7) is 2.56. The van der Waals surface area contributed by atoms with Crippen molar-refractivity contribution in [1.82, 2.24) is 9.47 Å². The fourth-order valence-corrected chi connectivity index (χ4v) is 4.39. The molecular formula is C26H22ClN3O. The van der Waals surface area contributed by atoms with E-state index in [-0.39, 0.29) is 12.1 Å². The highest BCUT2D eigenvalue weighted by atomic mass is 35.5. The standard InChI is InChI=1S/C26H22ClN3O/c1-18-11-13-19(14-12-18)25-24-10-5-15-29(24)23-9-3-2-6-20(23)17-30(25)26(31)28-22-8-4-7-21(27)16-22/h2-16,25H,17H2,1H3,(H,28,31)/t25-/m1/s1. The molecule has 1 aromatic heterocycles. The van der Waals surface area contributed by atoms with Gasteiger partial charge >= 0.3 is 6.03 Å². The van der Waals surface area contributed by atoms with E-state index < -0.39 is 0 Å². The molecule has 4 nitrogen and oxygen atoms in total. The number of hydrogen-bond donors (Lipinski definition) is 1. The molecule has 2 heterocycles. The van der Waals surface area contributed by atoms with E-state index in [0.29, 0.717) is 17.3 Å². The van der Waals surface area contributed by atoms with Crippen LogP contribution in [0.3, 0.4) is 0 Å². The molecule has 0 aliphatic carbocycles. The molecule has 1 atom stereocenters. The van der Waals surface area contributed by atoms with Gasteiger partial charge in [0.2, 0.25) is 0 Å². The Morgan fingerprint density at radius 2 is 1.77 bits per heavy atom. The van der Waals surface area contributed by atoms with Crippen LogP contribution < -0.4 is 5.32 Å². The van der Waals surface area contributed by atoms with Gasteiger partial charge in [-0.1, -0.05) is 65.7 Å². The van der Waals surface area contributed by atoms with Crippen LogP contribution >= 0.6 is 11.6 Å². The number of carbonyl (C=O) groups excluding carboxylic acids is 1. The summed E-state index contributed by atoms with van der Waals surface area (Å²) in [5.74, 6) is 0. The zero-order valence-electron chi connectivity index (χ0n) is 17.1. The third-order valence-electron chi connectivity index (χ3n) is 5.69. The molecule has 0 radical (unpaired) electrons. The summed E-state index contributed by atoms with van der Waals surface area (Å²) >= 11 is 6.13. The highest BCUT2D eigenvalue weighted by Crippen LogP contribution is 2.37. The van der Waals surface area contributed by atoms with E-state index in [0.717, 1.165) is 22.5 Å². The van der Waals surface area contributed by atoms with Crippen LogP contribution in [-0.4, -0.2) is 15.5 Å². The molecule has 154 valence electrons. The Balaban J connectivity index is 1.63. The number of rotatable bonds is 2. The summed E-state index contributed by atoms with van der Waals surface area (Å²) in [7, 11) is 0. The van der Waals surface area contributed by atoms with Crippen LogP contribution in [0, 0.1) is 6.92 Å². The molecule has 0 unspecified atom stereocenters. The van der Waals surface area contributed by atoms with Gasteiger partial charge < -0.3 is 14.8 Å². The fourth-order valence-electron chi connectivity index (χ4n) is 4.20. The summed E-state index contributed by atoms with van der Waals surface area (Å²) in [6, 6.07) is 27.6. The lowest BCUT2D eigenvalue weighted by Crippen LogP contribution is -2.37. The van der Waals surface area contributed by atoms with Crippen molar-refractivity contribution in [3.8, 4) is 5.69 Å². The number of benzene rings is 3. The summed E-state index contributed by atoms with van der Waals surface area (Å²) < 4.78 is 2.19. The van der Waals surface area contributed by atoms with Crippen molar-refractivity contribution >= 4 is 23.3 Å². The number of aryl methyl sites for hydroxylation is 1. The van der Waals surface area contributed by atoms with Crippen LogP contribution in [0.15, 0.2) is 91.1 Å². The Labute approximate surface area is 186 Å². The van der Waals surface area contributed by atoms with E-state index in [4.69, 9.17) is 11.6 Å². The fraction of sp³-hybridized carbons (Fsp3) is 0.115. The van der Waals surface area contributed by atoms with Crippen LogP contribution in [0.4, 0.5) is 10.5 Å². The first-order chi connectivity index (χ1) is 15.1. The van der Waals surface area contributed by atoms with Gasteiger partial charge in [0.25, 0.3) is 0 Å². The summed E-state index contributed by atoms with van der Waals surface area (Å²) in [5.41, 5.74) is 6.17. The second-order valence-electron chi connectivity index (χ2n) is 7.81. The molecule has 1 N–H and O–H groups in total. The normalized spacial score (nSPS) is 15.0. The number of nitrogens with zero attached hydrogens (tertiary/aromatic N) is 2. The smallest absolute Gasteiger partial charge is 0.318 e. The summed E-state index contributed by atoms with van der Waals surface area (Å²) in [6.07, 6.45) is 2.06. The van der Waals surface area contributed by atoms with Crippen molar-refractivity contribution < 1.29 is 4.79 Å². The Morgan fingerprint density at radius 3 is 2.58 bits per heavy atom. The van der Waals surface area contributed by atoms with Gasteiger partial charge in [-0.15, -0.1) is 0 Å². The van der Waals surface area contributed by atoms with Gasteiger partial charge in [0.05, 0.1) is 18.3 Å². The van der Waals surface area contributed by atoms with Crippen molar-refractivity contribution in [2.75, 3.05) is 5.32 Å². The van der Waals surface area contributed by atoms with Crippen LogP contribution in [0.5, 0.6) is 0 Å². The molecule has 5 heteroatoms.